The number of rotatable bonds is 4. The second kappa shape index (κ2) is 6.90. The molecule has 1 fully saturated rings. The lowest BCUT2D eigenvalue weighted by atomic mass is 9.87. The molecule has 0 N–H and O–H groups in total. The summed E-state index contributed by atoms with van der Waals surface area (Å²) in [6, 6.07) is 12.3. The molecule has 0 bridgehead atoms. The number of likely N-dealkylation sites (tertiary alicyclic amines) is 1. The Bertz CT molecular complexity index is 925. The number of sulfonamides is 1. The third-order valence-electron chi connectivity index (χ3n) is 5.82. The SMILES string of the molecule is Cc1ccc(CN2CCC3(CC2)c2ccccc2N(CC(C)C)S3(=O)=O)s1. The maximum Gasteiger partial charge on any atom is 0.245 e. The van der Waals surface area contributed by atoms with Gasteiger partial charge in [0.1, 0.15) is 4.75 Å². The lowest BCUT2D eigenvalue weighted by Crippen LogP contribution is -2.48. The molecule has 1 aromatic heterocycles. The van der Waals surface area contributed by atoms with Crippen molar-refractivity contribution in [1.29, 1.82) is 0 Å². The maximum atomic E-state index is 13.6. The first-order chi connectivity index (χ1) is 12.8. The smallest absolute Gasteiger partial charge is 0.245 e. The number of aryl methyl sites for hydroxylation is 1. The molecule has 2 aliphatic rings. The molecule has 6 heteroatoms. The van der Waals surface area contributed by atoms with E-state index >= 15 is 0 Å². The highest BCUT2D eigenvalue weighted by atomic mass is 32.2. The molecule has 1 aromatic carbocycles. The summed E-state index contributed by atoms with van der Waals surface area (Å²) < 4.78 is 28.2. The number of thiophene rings is 1. The van der Waals surface area contributed by atoms with Gasteiger partial charge in [-0.15, -0.1) is 11.3 Å². The van der Waals surface area contributed by atoms with Gasteiger partial charge in [0.05, 0.1) is 5.69 Å². The van der Waals surface area contributed by atoms with Gasteiger partial charge < -0.3 is 0 Å². The van der Waals surface area contributed by atoms with E-state index in [1.54, 1.807) is 4.31 Å². The normalized spacial score (nSPS) is 21.1. The zero-order valence-electron chi connectivity index (χ0n) is 16.3. The van der Waals surface area contributed by atoms with Crippen LogP contribution in [0.1, 0.15) is 42.0 Å². The molecule has 0 saturated carbocycles. The van der Waals surface area contributed by atoms with Crippen molar-refractivity contribution in [2.24, 2.45) is 5.92 Å². The summed E-state index contributed by atoms with van der Waals surface area (Å²) in [6.07, 6.45) is 1.34. The van der Waals surface area contributed by atoms with Crippen LogP contribution in [-0.4, -0.2) is 33.0 Å². The fourth-order valence-corrected chi connectivity index (χ4v) is 7.89. The molecular weight excluding hydrogens is 376 g/mol. The Balaban J connectivity index is 1.61. The molecule has 0 radical (unpaired) electrons. The number of nitrogens with zero attached hydrogens (tertiary/aromatic N) is 2. The lowest BCUT2D eigenvalue weighted by molar-refractivity contribution is 0.191. The van der Waals surface area contributed by atoms with Gasteiger partial charge in [0, 0.05) is 35.9 Å². The van der Waals surface area contributed by atoms with Crippen molar-refractivity contribution in [3.63, 3.8) is 0 Å². The largest absolute Gasteiger partial charge is 0.298 e. The fourth-order valence-electron chi connectivity index (χ4n) is 4.47. The van der Waals surface area contributed by atoms with Crippen LogP contribution < -0.4 is 4.31 Å². The molecule has 146 valence electrons. The number of fused-ring (bicyclic) bond motifs is 2. The first-order valence-electron chi connectivity index (χ1n) is 9.73. The van der Waals surface area contributed by atoms with Gasteiger partial charge in [-0.25, -0.2) is 8.42 Å². The van der Waals surface area contributed by atoms with Crippen LogP contribution in [0, 0.1) is 12.8 Å². The summed E-state index contributed by atoms with van der Waals surface area (Å²) in [5, 5.41) is 0. The molecule has 0 atom stereocenters. The molecule has 3 heterocycles. The lowest BCUT2D eigenvalue weighted by Gasteiger charge is -2.39. The minimum atomic E-state index is -3.39. The highest BCUT2D eigenvalue weighted by Crippen LogP contribution is 2.52. The predicted octanol–water partition coefficient (Wildman–Crippen LogP) is 4.35. The van der Waals surface area contributed by atoms with Gasteiger partial charge in [-0.05, 0) is 49.4 Å². The highest BCUT2D eigenvalue weighted by Gasteiger charge is 2.56. The molecule has 1 spiro atoms. The Morgan fingerprint density at radius 1 is 1.11 bits per heavy atom. The van der Waals surface area contributed by atoms with Crippen LogP contribution >= 0.6 is 11.3 Å². The van der Waals surface area contributed by atoms with Crippen LogP contribution in [0.15, 0.2) is 36.4 Å². The first kappa shape index (κ1) is 19.0. The Morgan fingerprint density at radius 2 is 1.81 bits per heavy atom. The predicted molar refractivity (Wildman–Crippen MR) is 113 cm³/mol. The van der Waals surface area contributed by atoms with Crippen LogP contribution in [0.4, 0.5) is 5.69 Å². The topological polar surface area (TPSA) is 40.6 Å². The van der Waals surface area contributed by atoms with Gasteiger partial charge in [-0.2, -0.15) is 0 Å². The van der Waals surface area contributed by atoms with Crippen molar-refractivity contribution in [3.05, 3.63) is 51.7 Å². The zero-order valence-corrected chi connectivity index (χ0v) is 17.9. The van der Waals surface area contributed by atoms with E-state index in [2.05, 4.69) is 37.8 Å². The van der Waals surface area contributed by atoms with E-state index in [0.29, 0.717) is 25.3 Å². The fraction of sp³-hybridized carbons (Fsp3) is 0.524. The minimum Gasteiger partial charge on any atom is -0.298 e. The average Bonchev–Trinajstić information content (AvgIpc) is 3.11. The summed E-state index contributed by atoms with van der Waals surface area (Å²) in [6.45, 7) is 9.40. The Hall–Kier alpha value is -1.37. The molecule has 0 unspecified atom stereocenters. The average molecular weight is 405 g/mol. The van der Waals surface area contributed by atoms with Gasteiger partial charge in [-0.3, -0.25) is 9.21 Å². The Labute approximate surface area is 166 Å². The Kier molecular flexibility index (Phi) is 4.85. The highest BCUT2D eigenvalue weighted by molar-refractivity contribution is 7.94. The van der Waals surface area contributed by atoms with Crippen LogP contribution in [0.5, 0.6) is 0 Å². The maximum absolute atomic E-state index is 13.6. The molecule has 0 aliphatic carbocycles. The molecular formula is C21H28N2O2S2. The van der Waals surface area contributed by atoms with E-state index in [-0.39, 0.29) is 0 Å². The van der Waals surface area contributed by atoms with E-state index in [9.17, 15) is 8.42 Å². The van der Waals surface area contributed by atoms with Crippen molar-refractivity contribution in [3.8, 4) is 0 Å². The summed E-state index contributed by atoms with van der Waals surface area (Å²) in [5.41, 5.74) is 1.91. The van der Waals surface area contributed by atoms with Gasteiger partial charge >= 0.3 is 0 Å². The van der Waals surface area contributed by atoms with Gasteiger partial charge in [-0.1, -0.05) is 32.0 Å². The summed E-state index contributed by atoms with van der Waals surface area (Å²) in [7, 11) is -3.39. The van der Waals surface area contributed by atoms with E-state index in [4.69, 9.17) is 0 Å². The van der Waals surface area contributed by atoms with E-state index in [0.717, 1.165) is 30.9 Å². The summed E-state index contributed by atoms with van der Waals surface area (Å²) in [4.78, 5) is 5.09. The van der Waals surface area contributed by atoms with Crippen molar-refractivity contribution in [1.82, 2.24) is 4.90 Å². The first-order valence-corrected chi connectivity index (χ1v) is 12.0. The molecule has 2 aromatic rings. The van der Waals surface area contributed by atoms with Crippen LogP contribution in [0.3, 0.4) is 0 Å². The van der Waals surface area contributed by atoms with Crippen molar-refractivity contribution in [2.75, 3.05) is 23.9 Å². The minimum absolute atomic E-state index is 0.296. The molecule has 0 amide bonds. The summed E-state index contributed by atoms with van der Waals surface area (Å²) >= 11 is 1.83. The number of hydrogen-bond acceptors (Lipinski definition) is 4. The molecule has 4 rings (SSSR count). The third kappa shape index (κ3) is 3.12. The second-order valence-corrected chi connectivity index (χ2v) is 11.8. The van der Waals surface area contributed by atoms with E-state index in [1.165, 1.54) is 9.75 Å². The van der Waals surface area contributed by atoms with E-state index < -0.39 is 14.8 Å². The van der Waals surface area contributed by atoms with Crippen LogP contribution in [0.25, 0.3) is 0 Å². The quantitative estimate of drug-likeness (QED) is 0.760. The van der Waals surface area contributed by atoms with Gasteiger partial charge in [0.2, 0.25) is 10.0 Å². The molecule has 27 heavy (non-hydrogen) atoms. The Morgan fingerprint density at radius 3 is 2.44 bits per heavy atom. The standard InChI is InChI=1S/C21H28N2O2S2/c1-16(2)14-23-20-7-5-4-6-19(20)21(27(23,24)25)10-12-22(13-11-21)15-18-9-8-17(3)26-18/h4-9,16H,10-15H2,1-3H3. The van der Waals surface area contributed by atoms with Gasteiger partial charge in [0.25, 0.3) is 0 Å². The van der Waals surface area contributed by atoms with E-state index in [1.807, 2.05) is 35.6 Å². The zero-order chi connectivity index (χ0) is 19.2. The molecule has 4 nitrogen and oxygen atoms in total. The van der Waals surface area contributed by atoms with Crippen LogP contribution in [0.2, 0.25) is 0 Å². The molecule has 2 aliphatic heterocycles. The number of hydrogen-bond donors (Lipinski definition) is 0. The number of anilines is 1. The summed E-state index contributed by atoms with van der Waals surface area (Å²) in [5.74, 6) is 0.296. The van der Waals surface area contributed by atoms with Gasteiger partial charge in [0.15, 0.2) is 0 Å². The van der Waals surface area contributed by atoms with Crippen molar-refractivity contribution >= 4 is 27.0 Å². The number of benzene rings is 1. The van der Waals surface area contributed by atoms with Crippen molar-refractivity contribution in [2.45, 2.75) is 44.9 Å². The second-order valence-electron chi connectivity index (χ2n) is 8.23. The van der Waals surface area contributed by atoms with Crippen LogP contribution in [-0.2, 0) is 21.3 Å². The molecule has 1 saturated heterocycles. The monoisotopic (exact) mass is 404 g/mol. The third-order valence-corrected chi connectivity index (χ3v) is 9.34. The number of para-hydroxylation sites is 1. The van der Waals surface area contributed by atoms with Crippen molar-refractivity contribution < 1.29 is 8.42 Å². The number of piperidine rings is 1.